The predicted octanol–water partition coefficient (Wildman–Crippen LogP) is 4.68. The van der Waals surface area contributed by atoms with Crippen molar-refractivity contribution in [3.63, 3.8) is 0 Å². The van der Waals surface area contributed by atoms with Gasteiger partial charge in [0.1, 0.15) is 0 Å². The van der Waals surface area contributed by atoms with E-state index in [1.165, 1.54) is 0 Å². The molecule has 16 heavy (non-hydrogen) atoms. The molecule has 86 valence electrons. The SMILES string of the molecule is C/C(Br)=C\C=C(/N)Cc1ccc(Cl)c(Cl)c1. The van der Waals surface area contributed by atoms with Gasteiger partial charge in [-0.3, -0.25) is 0 Å². The second-order valence-corrected chi connectivity index (χ2v) is 5.49. The lowest BCUT2D eigenvalue weighted by Gasteiger charge is -2.03. The van der Waals surface area contributed by atoms with Gasteiger partial charge in [0.2, 0.25) is 0 Å². The van der Waals surface area contributed by atoms with Gasteiger partial charge in [0.15, 0.2) is 0 Å². The van der Waals surface area contributed by atoms with E-state index in [9.17, 15) is 0 Å². The summed E-state index contributed by atoms with van der Waals surface area (Å²) in [6.07, 6.45) is 4.44. The largest absolute Gasteiger partial charge is 0.402 e. The Morgan fingerprint density at radius 3 is 2.56 bits per heavy atom. The number of hydrogen-bond donors (Lipinski definition) is 1. The van der Waals surface area contributed by atoms with Crippen molar-refractivity contribution in [1.82, 2.24) is 0 Å². The molecule has 2 N–H and O–H groups in total. The fourth-order valence-corrected chi connectivity index (χ4v) is 1.62. The topological polar surface area (TPSA) is 26.0 Å². The Kier molecular flexibility index (Phi) is 5.39. The third-order valence-electron chi connectivity index (χ3n) is 1.92. The highest BCUT2D eigenvalue weighted by Gasteiger charge is 2.00. The Morgan fingerprint density at radius 2 is 2.00 bits per heavy atom. The molecule has 0 radical (unpaired) electrons. The Labute approximate surface area is 114 Å². The Bertz CT molecular complexity index is 435. The predicted molar refractivity (Wildman–Crippen MR) is 75.1 cm³/mol. The molecule has 1 nitrogen and oxygen atoms in total. The van der Waals surface area contributed by atoms with E-state index in [0.29, 0.717) is 16.5 Å². The summed E-state index contributed by atoms with van der Waals surface area (Å²) < 4.78 is 1.03. The Morgan fingerprint density at radius 1 is 1.31 bits per heavy atom. The number of rotatable bonds is 3. The minimum atomic E-state index is 0.555. The summed E-state index contributed by atoms with van der Waals surface area (Å²) >= 11 is 15.1. The van der Waals surface area contributed by atoms with Crippen molar-refractivity contribution in [2.75, 3.05) is 0 Å². The van der Waals surface area contributed by atoms with Crippen LogP contribution in [0.5, 0.6) is 0 Å². The molecule has 1 aromatic carbocycles. The molecule has 0 aliphatic carbocycles. The summed E-state index contributed by atoms with van der Waals surface area (Å²) in [7, 11) is 0. The molecule has 0 amide bonds. The monoisotopic (exact) mass is 319 g/mol. The highest BCUT2D eigenvalue weighted by molar-refractivity contribution is 9.11. The van der Waals surface area contributed by atoms with Gasteiger partial charge in [-0.25, -0.2) is 0 Å². The first-order valence-electron chi connectivity index (χ1n) is 4.71. The van der Waals surface area contributed by atoms with Gasteiger partial charge in [-0.05, 0) is 35.2 Å². The Hall–Kier alpha value is -0.440. The zero-order chi connectivity index (χ0) is 12.1. The van der Waals surface area contributed by atoms with Gasteiger partial charge < -0.3 is 5.73 Å². The molecule has 0 unspecified atom stereocenters. The molecule has 0 atom stereocenters. The maximum Gasteiger partial charge on any atom is 0.0595 e. The standard InChI is InChI=1S/C12H12BrCl2N/c1-8(13)2-4-10(16)6-9-3-5-11(14)12(15)7-9/h2-5,7H,6,16H2,1H3/b8-2+,10-4-. The molecule has 1 rings (SSSR count). The van der Waals surface area contributed by atoms with E-state index >= 15 is 0 Å². The summed E-state index contributed by atoms with van der Waals surface area (Å²) in [5, 5.41) is 1.11. The fourth-order valence-electron chi connectivity index (χ4n) is 1.17. The van der Waals surface area contributed by atoms with Gasteiger partial charge in [0.25, 0.3) is 0 Å². The van der Waals surface area contributed by atoms with E-state index in [0.717, 1.165) is 15.7 Å². The van der Waals surface area contributed by atoms with E-state index in [-0.39, 0.29) is 0 Å². The average Bonchev–Trinajstić information content (AvgIpc) is 2.21. The average molecular weight is 321 g/mol. The van der Waals surface area contributed by atoms with Crippen molar-refractivity contribution in [2.45, 2.75) is 13.3 Å². The summed E-state index contributed by atoms with van der Waals surface area (Å²) in [6, 6.07) is 5.52. The van der Waals surface area contributed by atoms with Crippen LogP contribution < -0.4 is 5.73 Å². The van der Waals surface area contributed by atoms with Crippen molar-refractivity contribution in [1.29, 1.82) is 0 Å². The first kappa shape index (κ1) is 13.6. The number of benzene rings is 1. The van der Waals surface area contributed by atoms with Gasteiger partial charge >= 0.3 is 0 Å². The number of allylic oxidation sites excluding steroid dienone is 4. The normalized spacial score (nSPS) is 13.0. The molecule has 0 aromatic heterocycles. The molecule has 4 heteroatoms. The zero-order valence-corrected chi connectivity index (χ0v) is 11.9. The third kappa shape index (κ3) is 4.60. The van der Waals surface area contributed by atoms with Crippen LogP contribution in [0, 0.1) is 0 Å². The summed E-state index contributed by atoms with van der Waals surface area (Å²) in [6.45, 7) is 1.95. The molecule has 0 saturated heterocycles. The number of halogens is 3. The minimum Gasteiger partial charge on any atom is -0.402 e. The second-order valence-electron chi connectivity index (χ2n) is 3.42. The van der Waals surface area contributed by atoms with Gasteiger partial charge in [-0.1, -0.05) is 51.3 Å². The van der Waals surface area contributed by atoms with Crippen molar-refractivity contribution in [2.24, 2.45) is 5.73 Å². The first-order chi connectivity index (χ1) is 7.49. The van der Waals surface area contributed by atoms with Crippen LogP contribution in [0.1, 0.15) is 12.5 Å². The molecule has 0 aliphatic rings. The van der Waals surface area contributed by atoms with Crippen molar-refractivity contribution in [3.05, 3.63) is 56.1 Å². The molecule has 1 aromatic rings. The maximum atomic E-state index is 5.91. The van der Waals surface area contributed by atoms with Crippen LogP contribution in [-0.2, 0) is 6.42 Å². The van der Waals surface area contributed by atoms with Crippen LogP contribution in [0.15, 0.2) is 40.5 Å². The number of nitrogens with two attached hydrogens (primary N) is 1. The molecular weight excluding hydrogens is 309 g/mol. The van der Waals surface area contributed by atoms with Crippen molar-refractivity contribution in [3.8, 4) is 0 Å². The van der Waals surface area contributed by atoms with Crippen molar-refractivity contribution >= 4 is 39.1 Å². The van der Waals surface area contributed by atoms with Crippen LogP contribution in [0.25, 0.3) is 0 Å². The fraction of sp³-hybridized carbons (Fsp3) is 0.167. The molecule has 0 fully saturated rings. The Balaban J connectivity index is 2.77. The van der Waals surface area contributed by atoms with Crippen LogP contribution in [0.2, 0.25) is 10.0 Å². The van der Waals surface area contributed by atoms with E-state index < -0.39 is 0 Å². The van der Waals surface area contributed by atoms with Crippen LogP contribution in [0.3, 0.4) is 0 Å². The lowest BCUT2D eigenvalue weighted by atomic mass is 10.1. The van der Waals surface area contributed by atoms with Crippen LogP contribution >= 0.6 is 39.1 Å². The van der Waals surface area contributed by atoms with Gasteiger partial charge in [0, 0.05) is 12.1 Å². The molecular formula is C12H12BrCl2N. The highest BCUT2D eigenvalue weighted by Crippen LogP contribution is 2.23. The van der Waals surface area contributed by atoms with Crippen LogP contribution in [-0.4, -0.2) is 0 Å². The summed E-state index contributed by atoms with van der Waals surface area (Å²) in [4.78, 5) is 0. The maximum absolute atomic E-state index is 5.91. The van der Waals surface area contributed by atoms with Gasteiger partial charge in [-0.2, -0.15) is 0 Å². The molecule has 0 saturated carbocycles. The molecule has 0 bridgehead atoms. The minimum absolute atomic E-state index is 0.555. The number of hydrogen-bond acceptors (Lipinski definition) is 1. The smallest absolute Gasteiger partial charge is 0.0595 e. The van der Waals surface area contributed by atoms with E-state index in [2.05, 4.69) is 15.9 Å². The summed E-state index contributed by atoms with van der Waals surface area (Å²) in [5.41, 5.74) is 7.68. The van der Waals surface area contributed by atoms with E-state index in [4.69, 9.17) is 28.9 Å². The van der Waals surface area contributed by atoms with Crippen LogP contribution in [0.4, 0.5) is 0 Å². The van der Waals surface area contributed by atoms with E-state index in [1.54, 1.807) is 6.07 Å². The highest BCUT2D eigenvalue weighted by atomic mass is 79.9. The molecule has 0 aliphatic heterocycles. The first-order valence-corrected chi connectivity index (χ1v) is 6.26. The van der Waals surface area contributed by atoms with E-state index in [1.807, 2.05) is 31.2 Å². The van der Waals surface area contributed by atoms with Gasteiger partial charge in [0.05, 0.1) is 10.0 Å². The summed E-state index contributed by atoms with van der Waals surface area (Å²) in [5.74, 6) is 0. The quantitative estimate of drug-likeness (QED) is 0.804. The zero-order valence-electron chi connectivity index (χ0n) is 8.81. The van der Waals surface area contributed by atoms with Gasteiger partial charge in [-0.15, -0.1) is 0 Å². The lowest BCUT2D eigenvalue weighted by Crippen LogP contribution is -2.00. The molecule has 0 heterocycles. The molecule has 0 spiro atoms. The third-order valence-corrected chi connectivity index (χ3v) is 2.92. The second kappa shape index (κ2) is 6.33. The van der Waals surface area contributed by atoms with Crippen molar-refractivity contribution < 1.29 is 0 Å². The lowest BCUT2D eigenvalue weighted by molar-refractivity contribution is 1.11.